The summed E-state index contributed by atoms with van der Waals surface area (Å²) in [6.45, 7) is 0. The van der Waals surface area contributed by atoms with Crippen LogP contribution in [0.5, 0.6) is 11.5 Å². The van der Waals surface area contributed by atoms with Crippen molar-refractivity contribution in [3.8, 4) is 11.5 Å². The molecule has 5 nitrogen and oxygen atoms in total. The van der Waals surface area contributed by atoms with Crippen LogP contribution in [0.2, 0.25) is 0 Å². The molecule has 0 amide bonds. The zero-order valence-corrected chi connectivity index (χ0v) is 9.59. The summed E-state index contributed by atoms with van der Waals surface area (Å²) in [6, 6.07) is 2.74. The lowest BCUT2D eigenvalue weighted by molar-refractivity contribution is 0.396. The third-order valence-electron chi connectivity index (χ3n) is 1.95. The van der Waals surface area contributed by atoms with Gasteiger partial charge in [-0.1, -0.05) is 0 Å². The monoisotopic (exact) mass is 231 g/mol. The molecule has 0 radical (unpaired) electrons. The predicted molar refractivity (Wildman–Crippen MR) is 57.1 cm³/mol. The highest BCUT2D eigenvalue weighted by atomic mass is 32.2. The van der Waals surface area contributed by atoms with Gasteiger partial charge in [0.1, 0.15) is 17.2 Å². The van der Waals surface area contributed by atoms with Crippen molar-refractivity contribution in [3.05, 3.63) is 12.1 Å². The second-order valence-corrected chi connectivity index (χ2v) is 5.03. The van der Waals surface area contributed by atoms with E-state index in [0.29, 0.717) is 0 Å². The molecule has 84 valence electrons. The molecule has 1 aromatic carbocycles. The Kier molecular flexibility index (Phi) is 3.09. The first-order chi connectivity index (χ1) is 6.90. The van der Waals surface area contributed by atoms with E-state index in [1.54, 1.807) is 0 Å². The third-order valence-corrected chi connectivity index (χ3v) is 3.04. The van der Waals surface area contributed by atoms with Crippen LogP contribution in [0.3, 0.4) is 0 Å². The molecule has 0 aliphatic carbocycles. The Labute approximate surface area is 88.7 Å². The van der Waals surface area contributed by atoms with Gasteiger partial charge in [0.2, 0.25) is 0 Å². The topological polar surface area (TPSA) is 78.6 Å². The number of ether oxygens (including phenoxy) is 2. The van der Waals surface area contributed by atoms with E-state index in [-0.39, 0.29) is 22.1 Å². The number of benzene rings is 1. The van der Waals surface area contributed by atoms with Gasteiger partial charge in [0.25, 0.3) is 0 Å². The fourth-order valence-electron chi connectivity index (χ4n) is 1.13. The Bertz CT molecular complexity index is 442. The largest absolute Gasteiger partial charge is 0.494 e. The second kappa shape index (κ2) is 3.98. The summed E-state index contributed by atoms with van der Waals surface area (Å²) >= 11 is 0. The van der Waals surface area contributed by atoms with Gasteiger partial charge in [-0.2, -0.15) is 0 Å². The van der Waals surface area contributed by atoms with Gasteiger partial charge in [0, 0.05) is 18.4 Å². The zero-order chi connectivity index (χ0) is 11.6. The first-order valence-electron chi connectivity index (χ1n) is 4.11. The highest BCUT2D eigenvalue weighted by Crippen LogP contribution is 2.34. The van der Waals surface area contributed by atoms with E-state index in [1.165, 1.54) is 26.4 Å². The fraction of sp³-hybridized carbons (Fsp3) is 0.333. The summed E-state index contributed by atoms with van der Waals surface area (Å²) in [6.07, 6.45) is 1.11. The van der Waals surface area contributed by atoms with E-state index < -0.39 is 9.84 Å². The summed E-state index contributed by atoms with van der Waals surface area (Å²) in [7, 11) is -0.473. The number of hydrogen-bond acceptors (Lipinski definition) is 5. The van der Waals surface area contributed by atoms with Crippen molar-refractivity contribution in [3.63, 3.8) is 0 Å². The molecule has 0 aliphatic rings. The van der Waals surface area contributed by atoms with Crippen molar-refractivity contribution in [1.29, 1.82) is 0 Å². The number of rotatable bonds is 3. The van der Waals surface area contributed by atoms with Crippen LogP contribution in [-0.2, 0) is 9.84 Å². The molecule has 2 N–H and O–H groups in total. The van der Waals surface area contributed by atoms with Crippen LogP contribution in [0.25, 0.3) is 0 Å². The summed E-state index contributed by atoms with van der Waals surface area (Å²) in [5.74, 6) is 0.574. The van der Waals surface area contributed by atoms with Crippen molar-refractivity contribution in [2.75, 3.05) is 26.2 Å². The van der Waals surface area contributed by atoms with Gasteiger partial charge in [-0.05, 0) is 0 Å². The van der Waals surface area contributed by atoms with E-state index >= 15 is 0 Å². The van der Waals surface area contributed by atoms with Gasteiger partial charge in [0.05, 0.1) is 19.1 Å². The minimum absolute atomic E-state index is 0.116. The van der Waals surface area contributed by atoms with Crippen LogP contribution in [-0.4, -0.2) is 28.9 Å². The van der Waals surface area contributed by atoms with Gasteiger partial charge in [-0.15, -0.1) is 0 Å². The Morgan fingerprint density at radius 1 is 1.13 bits per heavy atom. The Balaban J connectivity index is 3.47. The van der Waals surface area contributed by atoms with Crippen molar-refractivity contribution in [2.24, 2.45) is 0 Å². The van der Waals surface area contributed by atoms with E-state index in [9.17, 15) is 8.42 Å². The quantitative estimate of drug-likeness (QED) is 0.774. The zero-order valence-electron chi connectivity index (χ0n) is 8.77. The van der Waals surface area contributed by atoms with Gasteiger partial charge < -0.3 is 15.2 Å². The van der Waals surface area contributed by atoms with Crippen LogP contribution >= 0.6 is 0 Å². The van der Waals surface area contributed by atoms with Crippen LogP contribution in [0.1, 0.15) is 0 Å². The number of hydrogen-bond donors (Lipinski definition) is 1. The molecule has 0 aliphatic heterocycles. The molecule has 0 heterocycles. The first-order valence-corrected chi connectivity index (χ1v) is 6.01. The third kappa shape index (κ3) is 2.33. The fourth-order valence-corrected chi connectivity index (χ4v) is 1.77. The van der Waals surface area contributed by atoms with Crippen LogP contribution < -0.4 is 15.2 Å². The lowest BCUT2D eigenvalue weighted by Gasteiger charge is -2.11. The molecule has 0 atom stereocenters. The smallest absolute Gasteiger partial charge is 0.175 e. The first kappa shape index (κ1) is 11.6. The van der Waals surface area contributed by atoms with E-state index in [1.807, 2.05) is 0 Å². The van der Waals surface area contributed by atoms with Crippen molar-refractivity contribution in [1.82, 2.24) is 0 Å². The molecule has 0 bridgehead atoms. The molecule has 0 spiro atoms. The maximum absolute atomic E-state index is 11.3. The molecule has 6 heteroatoms. The number of sulfone groups is 1. The molecular weight excluding hydrogens is 218 g/mol. The van der Waals surface area contributed by atoms with Crippen LogP contribution in [0.15, 0.2) is 17.0 Å². The molecule has 0 unspecified atom stereocenters. The number of anilines is 1. The normalized spacial score (nSPS) is 11.1. The standard InChI is InChI=1S/C9H13NO4S/c1-13-7-4-6(15(3,11)12)5-8(14-2)9(7)10/h4-5H,10H2,1-3H3. The minimum Gasteiger partial charge on any atom is -0.494 e. The lowest BCUT2D eigenvalue weighted by atomic mass is 10.3. The van der Waals surface area contributed by atoms with Gasteiger partial charge in [-0.25, -0.2) is 8.42 Å². The maximum atomic E-state index is 11.3. The Morgan fingerprint density at radius 2 is 1.53 bits per heavy atom. The molecule has 1 rings (SSSR count). The van der Waals surface area contributed by atoms with Crippen molar-refractivity contribution < 1.29 is 17.9 Å². The maximum Gasteiger partial charge on any atom is 0.175 e. The average Bonchev–Trinajstić information content (AvgIpc) is 2.16. The van der Waals surface area contributed by atoms with E-state index in [0.717, 1.165) is 6.26 Å². The van der Waals surface area contributed by atoms with E-state index in [2.05, 4.69) is 0 Å². The second-order valence-electron chi connectivity index (χ2n) is 3.01. The molecule has 0 saturated heterocycles. The van der Waals surface area contributed by atoms with Gasteiger partial charge in [-0.3, -0.25) is 0 Å². The van der Waals surface area contributed by atoms with Crippen molar-refractivity contribution in [2.45, 2.75) is 4.90 Å². The molecule has 0 fully saturated rings. The van der Waals surface area contributed by atoms with Crippen LogP contribution in [0.4, 0.5) is 5.69 Å². The van der Waals surface area contributed by atoms with Crippen LogP contribution in [0, 0.1) is 0 Å². The molecule has 0 aromatic heterocycles. The average molecular weight is 231 g/mol. The summed E-state index contributed by atoms with van der Waals surface area (Å²) in [5.41, 5.74) is 5.96. The number of nitrogens with two attached hydrogens (primary N) is 1. The molecule has 15 heavy (non-hydrogen) atoms. The highest BCUT2D eigenvalue weighted by molar-refractivity contribution is 7.90. The highest BCUT2D eigenvalue weighted by Gasteiger charge is 2.15. The molecule has 0 saturated carbocycles. The SMILES string of the molecule is COc1cc(S(C)(=O)=O)cc(OC)c1N. The molecule has 1 aromatic rings. The summed E-state index contributed by atoms with van der Waals surface area (Å²) in [5, 5.41) is 0. The predicted octanol–water partition coefficient (Wildman–Crippen LogP) is 0.690. The summed E-state index contributed by atoms with van der Waals surface area (Å²) in [4.78, 5) is 0.116. The minimum atomic E-state index is -3.30. The Morgan fingerprint density at radius 3 is 1.80 bits per heavy atom. The van der Waals surface area contributed by atoms with Crippen molar-refractivity contribution >= 4 is 15.5 Å². The number of methoxy groups -OCH3 is 2. The van der Waals surface area contributed by atoms with Gasteiger partial charge in [0.15, 0.2) is 9.84 Å². The Hall–Kier alpha value is -1.43. The summed E-state index contributed by atoms with van der Waals surface area (Å²) < 4.78 is 32.6. The lowest BCUT2D eigenvalue weighted by Crippen LogP contribution is -2.02. The molecular formula is C9H13NO4S. The van der Waals surface area contributed by atoms with Gasteiger partial charge >= 0.3 is 0 Å². The number of nitrogen functional groups attached to an aromatic ring is 1. The van der Waals surface area contributed by atoms with E-state index in [4.69, 9.17) is 15.2 Å².